The van der Waals surface area contributed by atoms with Crippen molar-refractivity contribution >= 4 is 32.8 Å². The first-order valence-electron chi connectivity index (χ1n) is 13.8. The second-order valence-corrected chi connectivity index (χ2v) is 10.4. The van der Waals surface area contributed by atoms with Crippen LogP contribution in [-0.4, -0.2) is 19.1 Å². The van der Waals surface area contributed by atoms with Crippen molar-refractivity contribution in [2.75, 3.05) is 0 Å². The van der Waals surface area contributed by atoms with E-state index in [1.807, 2.05) is 18.3 Å². The monoisotopic (exact) mass is 526 g/mol. The highest BCUT2D eigenvalue weighted by molar-refractivity contribution is 6.10. The van der Waals surface area contributed by atoms with Gasteiger partial charge in [-0.05, 0) is 58.7 Å². The maximum atomic E-state index is 5.05. The van der Waals surface area contributed by atoms with Crippen LogP contribution in [0.5, 0.6) is 0 Å². The summed E-state index contributed by atoms with van der Waals surface area (Å²) in [5.74, 6) is 0.898. The van der Waals surface area contributed by atoms with Crippen LogP contribution in [0.1, 0.15) is 0 Å². The molecule has 4 heteroatoms. The van der Waals surface area contributed by atoms with Crippen LogP contribution in [0, 0.1) is 0 Å². The summed E-state index contributed by atoms with van der Waals surface area (Å²) >= 11 is 0. The van der Waals surface area contributed by atoms with Crippen LogP contribution in [0.15, 0.2) is 140 Å². The highest BCUT2D eigenvalue weighted by Crippen LogP contribution is 2.35. The second kappa shape index (κ2) is 9.32. The normalized spacial score (nSPS) is 11.5. The van der Waals surface area contributed by atoms with Gasteiger partial charge >= 0.3 is 0 Å². The van der Waals surface area contributed by atoms with Crippen molar-refractivity contribution < 1.29 is 0 Å². The zero-order chi connectivity index (χ0) is 27.3. The van der Waals surface area contributed by atoms with Gasteiger partial charge in [0.2, 0.25) is 5.95 Å². The van der Waals surface area contributed by atoms with E-state index in [0.29, 0.717) is 0 Å². The number of nitrogens with zero attached hydrogens (tertiary/aromatic N) is 4. The Balaban J connectivity index is 1.26. The Bertz CT molecular complexity index is 2200. The predicted octanol–water partition coefficient (Wildman–Crippen LogP) is 9.07. The van der Waals surface area contributed by atoms with Gasteiger partial charge in [0.15, 0.2) is 0 Å². The van der Waals surface area contributed by atoms with Crippen LogP contribution in [0.3, 0.4) is 0 Å². The smallest absolute Gasteiger partial charge is 0.215 e. The highest BCUT2D eigenvalue weighted by Gasteiger charge is 2.18. The lowest BCUT2D eigenvalue weighted by atomic mass is 9.99. The number of benzene rings is 5. The van der Waals surface area contributed by atoms with Crippen molar-refractivity contribution in [1.29, 1.82) is 0 Å². The summed E-state index contributed by atoms with van der Waals surface area (Å²) in [7, 11) is 2.09. The maximum Gasteiger partial charge on any atom is 0.215 e. The van der Waals surface area contributed by atoms with Crippen molar-refractivity contribution in [2.24, 2.45) is 7.05 Å². The number of imidazole rings is 1. The number of aryl methyl sites for hydroxylation is 1. The fourth-order valence-corrected chi connectivity index (χ4v) is 5.93. The van der Waals surface area contributed by atoms with Gasteiger partial charge in [-0.25, -0.2) is 4.98 Å². The third-order valence-electron chi connectivity index (χ3n) is 8.02. The molecule has 0 aliphatic rings. The van der Waals surface area contributed by atoms with Crippen molar-refractivity contribution in [2.45, 2.75) is 0 Å². The Hall–Kier alpha value is -5.48. The second-order valence-electron chi connectivity index (χ2n) is 10.4. The Morgan fingerprint density at radius 1 is 0.488 bits per heavy atom. The van der Waals surface area contributed by atoms with Gasteiger partial charge in [-0.3, -0.25) is 9.55 Å². The highest BCUT2D eigenvalue weighted by atomic mass is 15.2. The molecule has 8 aromatic rings. The first-order valence-corrected chi connectivity index (χ1v) is 13.8. The lowest BCUT2D eigenvalue weighted by Gasteiger charge is -2.10. The van der Waals surface area contributed by atoms with Crippen LogP contribution >= 0.6 is 0 Å². The number of rotatable bonds is 4. The van der Waals surface area contributed by atoms with E-state index in [0.717, 1.165) is 44.8 Å². The Morgan fingerprint density at radius 2 is 1.12 bits per heavy atom. The van der Waals surface area contributed by atoms with Crippen LogP contribution in [0.2, 0.25) is 0 Å². The Kier molecular flexibility index (Phi) is 5.32. The molecule has 0 fully saturated rings. The number of hydrogen-bond acceptors (Lipinski definition) is 2. The molecule has 3 heterocycles. The zero-order valence-corrected chi connectivity index (χ0v) is 22.6. The Labute approximate surface area is 237 Å². The Morgan fingerprint density at radius 3 is 1.93 bits per heavy atom. The topological polar surface area (TPSA) is 35.6 Å². The molecular formula is C37H26N4. The summed E-state index contributed by atoms with van der Waals surface area (Å²) in [6, 6.07) is 47.0. The molecule has 0 saturated carbocycles. The van der Waals surface area contributed by atoms with E-state index >= 15 is 0 Å². The molecule has 0 radical (unpaired) electrons. The van der Waals surface area contributed by atoms with E-state index in [1.54, 1.807) is 0 Å². The summed E-state index contributed by atoms with van der Waals surface area (Å²) in [5.41, 5.74) is 11.1. The van der Waals surface area contributed by atoms with Crippen molar-refractivity contribution in [3.8, 4) is 39.5 Å². The molecule has 0 N–H and O–H groups in total. The minimum absolute atomic E-state index is 0.898. The molecule has 5 aromatic carbocycles. The molecule has 0 aliphatic heterocycles. The minimum Gasteiger partial charge on any atom is -0.313 e. The summed E-state index contributed by atoms with van der Waals surface area (Å²) in [6.07, 6.45) is 1.90. The van der Waals surface area contributed by atoms with Crippen LogP contribution in [-0.2, 0) is 7.05 Å². The molecule has 0 amide bonds. The molecule has 8 rings (SSSR count). The van der Waals surface area contributed by atoms with Gasteiger partial charge in [-0.15, -0.1) is 0 Å². The molecule has 194 valence electrons. The van der Waals surface area contributed by atoms with Gasteiger partial charge in [0.1, 0.15) is 0 Å². The molecule has 0 atom stereocenters. The van der Waals surface area contributed by atoms with Crippen molar-refractivity contribution in [1.82, 2.24) is 19.1 Å². The molecule has 4 nitrogen and oxygen atoms in total. The lowest BCUT2D eigenvalue weighted by molar-refractivity contribution is 0.870. The van der Waals surface area contributed by atoms with Gasteiger partial charge in [-0.1, -0.05) is 97.1 Å². The van der Waals surface area contributed by atoms with E-state index in [4.69, 9.17) is 9.97 Å². The number of para-hydroxylation sites is 3. The van der Waals surface area contributed by atoms with Gasteiger partial charge in [0.25, 0.3) is 0 Å². The standard InChI is InChI=1S/C37H26N4/c1-40-35-14-8-6-12-32(35)39-37(40)41-34-13-7-5-11-30(34)31-20-19-29(24-36(31)41)33-23-28(21-22-38-33)27-17-15-26(16-18-27)25-9-3-2-4-10-25/h2-24H,1H3. The summed E-state index contributed by atoms with van der Waals surface area (Å²) < 4.78 is 4.45. The van der Waals surface area contributed by atoms with Crippen LogP contribution in [0.4, 0.5) is 0 Å². The van der Waals surface area contributed by atoms with Gasteiger partial charge in [0.05, 0.1) is 27.8 Å². The van der Waals surface area contributed by atoms with Gasteiger partial charge in [-0.2, -0.15) is 0 Å². The first-order chi connectivity index (χ1) is 20.2. The maximum absolute atomic E-state index is 5.05. The van der Waals surface area contributed by atoms with E-state index in [9.17, 15) is 0 Å². The van der Waals surface area contributed by atoms with Gasteiger partial charge < -0.3 is 4.57 Å². The number of aromatic nitrogens is 4. The van der Waals surface area contributed by atoms with E-state index in [2.05, 4.69) is 138 Å². The number of fused-ring (bicyclic) bond motifs is 4. The molecule has 0 unspecified atom stereocenters. The summed E-state index contributed by atoms with van der Waals surface area (Å²) in [5, 5.41) is 2.41. The molecule has 0 bridgehead atoms. The van der Waals surface area contributed by atoms with E-state index in [-0.39, 0.29) is 0 Å². The zero-order valence-electron chi connectivity index (χ0n) is 22.6. The molecular weight excluding hydrogens is 500 g/mol. The van der Waals surface area contributed by atoms with Crippen LogP contribution in [0.25, 0.3) is 72.3 Å². The average molecular weight is 527 g/mol. The van der Waals surface area contributed by atoms with Crippen molar-refractivity contribution in [3.63, 3.8) is 0 Å². The third kappa shape index (κ3) is 3.84. The summed E-state index contributed by atoms with van der Waals surface area (Å²) in [6.45, 7) is 0. The summed E-state index contributed by atoms with van der Waals surface area (Å²) in [4.78, 5) is 9.84. The van der Waals surface area contributed by atoms with Gasteiger partial charge in [0, 0.05) is 29.6 Å². The quantitative estimate of drug-likeness (QED) is 0.229. The largest absolute Gasteiger partial charge is 0.313 e. The number of hydrogen-bond donors (Lipinski definition) is 0. The van der Waals surface area contributed by atoms with Crippen molar-refractivity contribution in [3.05, 3.63) is 140 Å². The van der Waals surface area contributed by atoms with Crippen LogP contribution < -0.4 is 0 Å². The fraction of sp³-hybridized carbons (Fsp3) is 0.0270. The molecule has 3 aromatic heterocycles. The molecule has 0 spiro atoms. The number of pyridine rings is 1. The van der Waals surface area contributed by atoms with E-state index in [1.165, 1.54) is 27.5 Å². The lowest BCUT2D eigenvalue weighted by Crippen LogP contribution is -2.03. The average Bonchev–Trinajstić information content (AvgIpc) is 3.55. The molecule has 41 heavy (non-hydrogen) atoms. The molecule has 0 aliphatic carbocycles. The predicted molar refractivity (Wildman–Crippen MR) is 169 cm³/mol. The molecule has 0 saturated heterocycles. The SMILES string of the molecule is Cn1c(-n2c3ccccc3c3ccc(-c4cc(-c5ccc(-c6ccccc6)cc5)ccn4)cc32)nc2ccccc21. The third-order valence-corrected chi connectivity index (χ3v) is 8.02. The van der Waals surface area contributed by atoms with E-state index < -0.39 is 0 Å². The first kappa shape index (κ1) is 23.4. The minimum atomic E-state index is 0.898. The fourth-order valence-electron chi connectivity index (χ4n) is 5.93.